The lowest BCUT2D eigenvalue weighted by molar-refractivity contribution is 0.298. The number of hydrogen-bond acceptors (Lipinski definition) is 6. The molecule has 0 atom stereocenters. The number of guanidine groups is 1. The molecule has 0 aromatic heterocycles. The molecule has 0 unspecified atom stereocenters. The van der Waals surface area contributed by atoms with Crippen molar-refractivity contribution in [2.24, 2.45) is 4.99 Å². The predicted octanol–water partition coefficient (Wildman–Crippen LogP) is 1.06. The molecule has 1 aromatic carbocycles. The molecule has 1 aliphatic heterocycles. The second-order valence-corrected chi connectivity index (χ2v) is 8.80. The van der Waals surface area contributed by atoms with Gasteiger partial charge in [0.1, 0.15) is 11.5 Å². The lowest BCUT2D eigenvalue weighted by atomic mass is 10.2. The summed E-state index contributed by atoms with van der Waals surface area (Å²) in [7, 11) is 4.15. The maximum absolute atomic E-state index is 11.5. The first kappa shape index (κ1) is 24.8. The Morgan fingerprint density at radius 2 is 1.93 bits per heavy atom. The van der Waals surface area contributed by atoms with Crippen LogP contribution in [0.4, 0.5) is 0 Å². The number of halogens is 1. The number of rotatable bonds is 7. The fraction of sp³-hybridized carbons (Fsp3) is 0.611. The fourth-order valence-electron chi connectivity index (χ4n) is 3.00. The number of ether oxygens (including phenoxy) is 2. The van der Waals surface area contributed by atoms with Gasteiger partial charge in [-0.25, -0.2) is 8.42 Å². The van der Waals surface area contributed by atoms with Crippen molar-refractivity contribution in [3.05, 3.63) is 23.8 Å². The lowest BCUT2D eigenvalue weighted by Gasteiger charge is -2.28. The van der Waals surface area contributed by atoms with Crippen molar-refractivity contribution in [3.8, 4) is 11.5 Å². The second kappa shape index (κ2) is 11.7. The SMILES string of the molecule is CN=C(NCCN1CCS(=O)(=O)CC1)N(C)Cc1ccc(OC)cc1OC.I. The molecule has 0 radical (unpaired) electrons. The highest BCUT2D eigenvalue weighted by Gasteiger charge is 2.21. The van der Waals surface area contributed by atoms with Gasteiger partial charge >= 0.3 is 0 Å². The third kappa shape index (κ3) is 7.28. The van der Waals surface area contributed by atoms with Crippen LogP contribution >= 0.6 is 24.0 Å². The zero-order valence-electron chi connectivity index (χ0n) is 17.0. The first-order chi connectivity index (χ1) is 12.9. The molecule has 1 N–H and O–H groups in total. The molecule has 2 rings (SSSR count). The Morgan fingerprint density at radius 1 is 1.25 bits per heavy atom. The van der Waals surface area contributed by atoms with Gasteiger partial charge in [-0.05, 0) is 12.1 Å². The van der Waals surface area contributed by atoms with Crippen molar-refractivity contribution >= 4 is 39.8 Å². The average molecular weight is 526 g/mol. The number of nitrogens with one attached hydrogen (secondary N) is 1. The highest BCUT2D eigenvalue weighted by Crippen LogP contribution is 2.25. The van der Waals surface area contributed by atoms with Crippen LogP contribution in [-0.4, -0.2) is 90.2 Å². The van der Waals surface area contributed by atoms with E-state index >= 15 is 0 Å². The molecule has 0 bridgehead atoms. The van der Waals surface area contributed by atoms with Gasteiger partial charge in [0.2, 0.25) is 0 Å². The highest BCUT2D eigenvalue weighted by molar-refractivity contribution is 14.0. The summed E-state index contributed by atoms with van der Waals surface area (Å²) in [5, 5.41) is 3.34. The Bertz CT molecular complexity index is 744. The van der Waals surface area contributed by atoms with Crippen molar-refractivity contribution in [2.45, 2.75) is 6.54 Å². The van der Waals surface area contributed by atoms with E-state index in [4.69, 9.17) is 9.47 Å². The Hall–Kier alpha value is -1.27. The van der Waals surface area contributed by atoms with Crippen LogP contribution in [0.5, 0.6) is 11.5 Å². The van der Waals surface area contributed by atoms with Crippen molar-refractivity contribution < 1.29 is 17.9 Å². The molecule has 0 amide bonds. The topological polar surface area (TPSA) is 83.5 Å². The molecule has 10 heteroatoms. The molecule has 1 fully saturated rings. The maximum atomic E-state index is 11.5. The molecule has 0 spiro atoms. The van der Waals surface area contributed by atoms with Crippen LogP contribution in [0.15, 0.2) is 23.2 Å². The fourth-order valence-corrected chi connectivity index (χ4v) is 4.27. The van der Waals surface area contributed by atoms with Gasteiger partial charge < -0.3 is 19.7 Å². The normalized spacial score (nSPS) is 16.8. The largest absolute Gasteiger partial charge is 0.497 e. The molecule has 0 aliphatic carbocycles. The highest BCUT2D eigenvalue weighted by atomic mass is 127. The summed E-state index contributed by atoms with van der Waals surface area (Å²) in [6.07, 6.45) is 0. The van der Waals surface area contributed by atoms with Crippen molar-refractivity contribution in [1.29, 1.82) is 0 Å². The van der Waals surface area contributed by atoms with E-state index in [1.54, 1.807) is 21.3 Å². The van der Waals surface area contributed by atoms with Gasteiger partial charge in [0, 0.05) is 58.4 Å². The van der Waals surface area contributed by atoms with E-state index in [1.165, 1.54) is 0 Å². The summed E-state index contributed by atoms with van der Waals surface area (Å²) in [6.45, 7) is 3.32. The third-order valence-corrected chi connectivity index (χ3v) is 6.23. The van der Waals surface area contributed by atoms with E-state index in [1.807, 2.05) is 30.1 Å². The number of aliphatic imine (C=N–C) groups is 1. The minimum atomic E-state index is -2.84. The molecule has 1 saturated heterocycles. The molecule has 0 saturated carbocycles. The van der Waals surface area contributed by atoms with Gasteiger partial charge in [0.05, 0.1) is 25.7 Å². The van der Waals surface area contributed by atoms with Gasteiger partial charge in [-0.2, -0.15) is 0 Å². The Balaban J connectivity index is 0.00000392. The Kier molecular flexibility index (Phi) is 10.3. The predicted molar refractivity (Wildman–Crippen MR) is 123 cm³/mol. The summed E-state index contributed by atoms with van der Waals surface area (Å²) in [4.78, 5) is 8.51. The lowest BCUT2D eigenvalue weighted by Crippen LogP contribution is -2.46. The number of benzene rings is 1. The van der Waals surface area contributed by atoms with Crippen LogP contribution in [0.25, 0.3) is 0 Å². The maximum Gasteiger partial charge on any atom is 0.193 e. The Labute approximate surface area is 185 Å². The van der Waals surface area contributed by atoms with Crippen LogP contribution in [0, 0.1) is 0 Å². The quantitative estimate of drug-likeness (QED) is 0.323. The minimum Gasteiger partial charge on any atom is -0.497 e. The summed E-state index contributed by atoms with van der Waals surface area (Å²) < 4.78 is 33.7. The Morgan fingerprint density at radius 3 is 2.50 bits per heavy atom. The number of nitrogens with zero attached hydrogens (tertiary/aromatic N) is 3. The molecule has 1 heterocycles. The average Bonchev–Trinajstić information content (AvgIpc) is 2.66. The first-order valence-corrected chi connectivity index (χ1v) is 10.8. The monoisotopic (exact) mass is 526 g/mol. The van der Waals surface area contributed by atoms with Gasteiger partial charge in [0.15, 0.2) is 15.8 Å². The summed E-state index contributed by atoms with van der Waals surface area (Å²) in [6, 6.07) is 5.76. The molecule has 28 heavy (non-hydrogen) atoms. The molecule has 1 aromatic rings. The van der Waals surface area contributed by atoms with E-state index in [0.717, 1.165) is 29.6 Å². The number of methoxy groups -OCH3 is 2. The van der Waals surface area contributed by atoms with Crippen LogP contribution in [-0.2, 0) is 16.4 Å². The van der Waals surface area contributed by atoms with Crippen molar-refractivity contribution in [3.63, 3.8) is 0 Å². The van der Waals surface area contributed by atoms with Crippen LogP contribution in [0.2, 0.25) is 0 Å². The first-order valence-electron chi connectivity index (χ1n) is 8.94. The van der Waals surface area contributed by atoms with Gasteiger partial charge in [-0.3, -0.25) is 9.89 Å². The number of hydrogen-bond donors (Lipinski definition) is 1. The summed E-state index contributed by atoms with van der Waals surface area (Å²) in [5.41, 5.74) is 1.03. The van der Waals surface area contributed by atoms with E-state index in [2.05, 4.69) is 15.2 Å². The molecular weight excluding hydrogens is 495 g/mol. The third-order valence-electron chi connectivity index (χ3n) is 4.62. The van der Waals surface area contributed by atoms with E-state index < -0.39 is 9.84 Å². The van der Waals surface area contributed by atoms with E-state index in [-0.39, 0.29) is 35.5 Å². The van der Waals surface area contributed by atoms with E-state index in [9.17, 15) is 8.42 Å². The summed E-state index contributed by atoms with van der Waals surface area (Å²) >= 11 is 0. The smallest absolute Gasteiger partial charge is 0.193 e. The molecule has 1 aliphatic rings. The number of sulfone groups is 1. The van der Waals surface area contributed by atoms with Gasteiger partial charge in [-0.1, -0.05) is 0 Å². The molecule has 8 nitrogen and oxygen atoms in total. The molecule has 160 valence electrons. The van der Waals surface area contributed by atoms with E-state index in [0.29, 0.717) is 26.2 Å². The zero-order valence-corrected chi connectivity index (χ0v) is 20.1. The van der Waals surface area contributed by atoms with Crippen molar-refractivity contribution in [2.75, 3.05) is 66.0 Å². The van der Waals surface area contributed by atoms with Crippen LogP contribution in [0.3, 0.4) is 0 Å². The minimum absolute atomic E-state index is 0. The molecular formula is C18H31IN4O4S. The summed E-state index contributed by atoms with van der Waals surface area (Å²) in [5.74, 6) is 2.80. The van der Waals surface area contributed by atoms with Crippen LogP contribution in [0.1, 0.15) is 5.56 Å². The zero-order chi connectivity index (χ0) is 19.9. The standard InChI is InChI=1S/C18H30N4O4S.HI/c1-19-18(20-7-8-22-9-11-27(23,24)12-10-22)21(2)14-15-5-6-16(25-3)13-17(15)26-4;/h5-6,13H,7-12,14H2,1-4H3,(H,19,20);1H. The van der Waals surface area contributed by atoms with Gasteiger partial charge in [-0.15, -0.1) is 24.0 Å². The van der Waals surface area contributed by atoms with Crippen molar-refractivity contribution in [1.82, 2.24) is 15.1 Å². The van der Waals surface area contributed by atoms with Gasteiger partial charge in [0.25, 0.3) is 0 Å². The van der Waals surface area contributed by atoms with Crippen LogP contribution < -0.4 is 14.8 Å². The second-order valence-electron chi connectivity index (χ2n) is 6.50.